The summed E-state index contributed by atoms with van der Waals surface area (Å²) in [5.41, 5.74) is 15.9. The molecule has 0 bridgehead atoms. The Morgan fingerprint density at radius 3 is 2.36 bits per heavy atom. The molecule has 0 rings (SSSR count). The molecule has 0 fully saturated rings. The Balaban J connectivity index is 3.63. The van der Waals surface area contributed by atoms with Gasteiger partial charge in [-0.2, -0.15) is 0 Å². The van der Waals surface area contributed by atoms with E-state index in [2.05, 4.69) is 0 Å². The summed E-state index contributed by atoms with van der Waals surface area (Å²) in [6.45, 7) is 0.514. The summed E-state index contributed by atoms with van der Waals surface area (Å²) in [6.07, 6.45) is 1.27. The van der Waals surface area contributed by atoms with Crippen molar-refractivity contribution in [2.45, 2.75) is 24.9 Å². The van der Waals surface area contributed by atoms with Crippen LogP contribution in [-0.4, -0.2) is 29.7 Å². The molecule has 0 spiro atoms. The minimum atomic E-state index is -1.06. The molecule has 0 saturated heterocycles. The summed E-state index contributed by atoms with van der Waals surface area (Å²) in [4.78, 5) is 10.3. The van der Waals surface area contributed by atoms with Crippen LogP contribution in [0.4, 0.5) is 0 Å². The van der Waals surface area contributed by atoms with Gasteiger partial charge >= 0.3 is 5.97 Å². The molecule has 11 heavy (non-hydrogen) atoms. The molecule has 0 aliphatic heterocycles. The number of carboxylic acids is 1. The first-order chi connectivity index (χ1) is 5.09. The van der Waals surface area contributed by atoms with Gasteiger partial charge in [0.25, 0.3) is 0 Å². The Bertz CT molecular complexity index is 129. The van der Waals surface area contributed by atoms with E-state index >= 15 is 0 Å². The molecule has 0 saturated carbocycles. The lowest BCUT2D eigenvalue weighted by atomic mass is 10.1. The van der Waals surface area contributed by atoms with Crippen LogP contribution in [0.2, 0.25) is 0 Å². The summed E-state index contributed by atoms with van der Waals surface area (Å²) >= 11 is 0. The zero-order valence-electron chi connectivity index (χ0n) is 6.36. The summed E-state index contributed by atoms with van der Waals surface area (Å²) < 4.78 is 0. The van der Waals surface area contributed by atoms with Gasteiger partial charge < -0.3 is 22.3 Å². The number of carboxylic acid groups (broad SMARTS) is 1. The zero-order chi connectivity index (χ0) is 8.85. The Morgan fingerprint density at radius 1 is 1.45 bits per heavy atom. The van der Waals surface area contributed by atoms with Crippen molar-refractivity contribution in [1.82, 2.24) is 0 Å². The van der Waals surface area contributed by atoms with Crippen molar-refractivity contribution in [2.24, 2.45) is 17.2 Å². The van der Waals surface area contributed by atoms with E-state index in [1.54, 1.807) is 0 Å². The number of aliphatic carboxylic acids is 1. The lowest BCUT2D eigenvalue weighted by Crippen LogP contribution is -2.47. The molecule has 5 nitrogen and oxygen atoms in total. The monoisotopic (exact) mass is 161 g/mol. The lowest BCUT2D eigenvalue weighted by Gasteiger charge is -2.14. The second kappa shape index (κ2) is 5.06. The molecule has 5 heteroatoms. The molecule has 2 unspecified atom stereocenters. The Morgan fingerprint density at radius 2 is 2.00 bits per heavy atom. The van der Waals surface area contributed by atoms with E-state index in [9.17, 15) is 4.79 Å². The van der Waals surface area contributed by atoms with Crippen LogP contribution >= 0.6 is 0 Å². The third-order valence-corrected chi connectivity index (χ3v) is 1.49. The van der Waals surface area contributed by atoms with Crippen molar-refractivity contribution in [3.05, 3.63) is 0 Å². The van der Waals surface area contributed by atoms with Gasteiger partial charge in [-0.3, -0.25) is 4.79 Å². The van der Waals surface area contributed by atoms with Crippen LogP contribution in [0.25, 0.3) is 0 Å². The van der Waals surface area contributed by atoms with Crippen molar-refractivity contribution in [3.63, 3.8) is 0 Å². The number of rotatable bonds is 5. The molecule has 0 aliphatic carbocycles. The van der Waals surface area contributed by atoms with Crippen molar-refractivity contribution in [1.29, 1.82) is 0 Å². The van der Waals surface area contributed by atoms with Crippen molar-refractivity contribution < 1.29 is 9.90 Å². The second-order valence-electron chi connectivity index (χ2n) is 2.46. The molecule has 0 aliphatic rings. The summed E-state index contributed by atoms with van der Waals surface area (Å²) in [7, 11) is 0. The fourth-order valence-electron chi connectivity index (χ4n) is 0.716. The van der Waals surface area contributed by atoms with Crippen LogP contribution < -0.4 is 17.2 Å². The molecule has 0 heterocycles. The van der Waals surface area contributed by atoms with Crippen molar-refractivity contribution in [2.75, 3.05) is 6.54 Å². The first-order valence-corrected chi connectivity index (χ1v) is 3.53. The van der Waals surface area contributed by atoms with Gasteiger partial charge in [-0.05, 0) is 19.4 Å². The van der Waals surface area contributed by atoms with Gasteiger partial charge in [0.1, 0.15) is 6.04 Å². The molecular formula is C6H15N3O2. The minimum Gasteiger partial charge on any atom is -0.480 e. The molecule has 0 radical (unpaired) electrons. The van der Waals surface area contributed by atoms with E-state index in [1.165, 1.54) is 0 Å². The molecule has 2 atom stereocenters. The lowest BCUT2D eigenvalue weighted by molar-refractivity contribution is -0.139. The summed E-state index contributed by atoms with van der Waals surface area (Å²) in [6, 6.07) is -1.46. The highest BCUT2D eigenvalue weighted by Gasteiger charge is 2.19. The predicted molar refractivity (Wildman–Crippen MR) is 41.9 cm³/mol. The minimum absolute atomic E-state index is 0.490. The molecule has 0 aromatic heterocycles. The van der Waals surface area contributed by atoms with E-state index in [0.717, 1.165) is 0 Å². The smallest absolute Gasteiger partial charge is 0.322 e. The van der Waals surface area contributed by atoms with Crippen LogP contribution in [0.1, 0.15) is 12.8 Å². The Hall–Kier alpha value is -0.650. The highest BCUT2D eigenvalue weighted by atomic mass is 16.4. The average molecular weight is 161 g/mol. The molecule has 0 amide bonds. The van der Waals surface area contributed by atoms with Gasteiger partial charge in [0, 0.05) is 6.04 Å². The summed E-state index contributed by atoms with van der Waals surface area (Å²) in [5.74, 6) is -1.06. The maximum absolute atomic E-state index is 10.3. The Kier molecular flexibility index (Phi) is 4.76. The first-order valence-electron chi connectivity index (χ1n) is 3.53. The molecule has 0 aromatic rings. The van der Waals surface area contributed by atoms with E-state index in [0.29, 0.717) is 19.4 Å². The fraction of sp³-hybridized carbons (Fsp3) is 0.833. The average Bonchev–Trinajstić information content (AvgIpc) is 1.98. The van der Waals surface area contributed by atoms with Gasteiger partial charge in [-0.1, -0.05) is 0 Å². The van der Waals surface area contributed by atoms with Crippen LogP contribution in [0.5, 0.6) is 0 Å². The van der Waals surface area contributed by atoms with E-state index < -0.39 is 18.1 Å². The van der Waals surface area contributed by atoms with Gasteiger partial charge in [0.2, 0.25) is 0 Å². The predicted octanol–water partition coefficient (Wildman–Crippen LogP) is -1.54. The van der Waals surface area contributed by atoms with Gasteiger partial charge in [0.15, 0.2) is 0 Å². The van der Waals surface area contributed by atoms with Crippen LogP contribution in [0.15, 0.2) is 0 Å². The van der Waals surface area contributed by atoms with Gasteiger partial charge in [0.05, 0.1) is 0 Å². The fourth-order valence-corrected chi connectivity index (χ4v) is 0.716. The first kappa shape index (κ1) is 10.3. The highest BCUT2D eigenvalue weighted by Crippen LogP contribution is 1.96. The van der Waals surface area contributed by atoms with Crippen LogP contribution in [0.3, 0.4) is 0 Å². The maximum atomic E-state index is 10.3. The zero-order valence-corrected chi connectivity index (χ0v) is 6.36. The molecule has 7 N–H and O–H groups in total. The summed E-state index contributed by atoms with van der Waals surface area (Å²) in [5, 5.41) is 8.42. The van der Waals surface area contributed by atoms with Gasteiger partial charge in [-0.25, -0.2) is 0 Å². The second-order valence-corrected chi connectivity index (χ2v) is 2.46. The van der Waals surface area contributed by atoms with Crippen LogP contribution in [0, 0.1) is 0 Å². The number of carbonyl (C=O) groups is 1. The normalized spacial score (nSPS) is 15.9. The highest BCUT2D eigenvalue weighted by molar-refractivity contribution is 5.74. The number of hydrogen-bond acceptors (Lipinski definition) is 4. The number of nitrogens with two attached hydrogens (primary N) is 3. The third-order valence-electron chi connectivity index (χ3n) is 1.49. The quantitative estimate of drug-likeness (QED) is 0.390. The third kappa shape index (κ3) is 3.92. The Labute approximate surface area is 65.5 Å². The van der Waals surface area contributed by atoms with E-state index in [-0.39, 0.29) is 0 Å². The largest absolute Gasteiger partial charge is 0.480 e. The topological polar surface area (TPSA) is 115 Å². The molecule has 66 valence electrons. The molecular weight excluding hydrogens is 146 g/mol. The molecule has 0 aromatic carbocycles. The van der Waals surface area contributed by atoms with Crippen molar-refractivity contribution in [3.8, 4) is 0 Å². The van der Waals surface area contributed by atoms with E-state index in [4.69, 9.17) is 22.3 Å². The van der Waals surface area contributed by atoms with Crippen LogP contribution in [-0.2, 0) is 4.79 Å². The SMILES string of the molecule is NCCCC(N)C(N)C(=O)O. The number of hydrogen-bond donors (Lipinski definition) is 4. The maximum Gasteiger partial charge on any atom is 0.322 e. The standard InChI is InChI=1S/C6H15N3O2/c7-3-1-2-4(8)5(9)6(10)11/h4-5H,1-3,7-9H2,(H,10,11). The van der Waals surface area contributed by atoms with E-state index in [1.807, 2.05) is 0 Å². The van der Waals surface area contributed by atoms with Crippen molar-refractivity contribution >= 4 is 5.97 Å². The van der Waals surface area contributed by atoms with Gasteiger partial charge in [-0.15, -0.1) is 0 Å².